The number of rotatable bonds is 10. The van der Waals surface area contributed by atoms with Gasteiger partial charge in [0.25, 0.3) is 0 Å². The number of ether oxygens (including phenoxy) is 2. The molecular formula is C13H25NO3. The van der Waals surface area contributed by atoms with Gasteiger partial charge in [-0.2, -0.15) is 0 Å². The second-order valence-electron chi connectivity index (χ2n) is 3.83. The number of methoxy groups -OCH3 is 2. The highest BCUT2D eigenvalue weighted by molar-refractivity contribution is 5.88. The highest BCUT2D eigenvalue weighted by Crippen LogP contribution is 2.01. The molecule has 0 rings (SSSR count). The average Bonchev–Trinajstić information content (AvgIpc) is 2.36. The summed E-state index contributed by atoms with van der Waals surface area (Å²) < 4.78 is 9.65. The Labute approximate surface area is 104 Å². The highest BCUT2D eigenvalue weighted by Gasteiger charge is 2.05. The number of carbonyl (C=O) groups is 1. The maximum absolute atomic E-state index is 11.2. The van der Waals surface area contributed by atoms with Gasteiger partial charge in [0, 0.05) is 25.8 Å². The van der Waals surface area contributed by atoms with Crippen LogP contribution in [-0.2, 0) is 14.3 Å². The summed E-state index contributed by atoms with van der Waals surface area (Å²) in [5, 5.41) is 3.28. The molecule has 0 aliphatic carbocycles. The van der Waals surface area contributed by atoms with Crippen molar-refractivity contribution in [2.75, 3.05) is 33.9 Å². The van der Waals surface area contributed by atoms with E-state index >= 15 is 0 Å². The summed E-state index contributed by atoms with van der Waals surface area (Å²) in [6, 6.07) is 0. The minimum atomic E-state index is -0.227. The molecule has 0 aromatic carbocycles. The summed E-state index contributed by atoms with van der Waals surface area (Å²) in [6.07, 6.45) is 6.03. The molecule has 0 radical (unpaired) electrons. The van der Waals surface area contributed by atoms with Crippen molar-refractivity contribution in [1.82, 2.24) is 5.32 Å². The molecule has 17 heavy (non-hydrogen) atoms. The molecule has 0 bridgehead atoms. The molecule has 0 amide bonds. The van der Waals surface area contributed by atoms with Crippen LogP contribution in [0.2, 0.25) is 0 Å². The Bertz CT molecular complexity index is 227. The van der Waals surface area contributed by atoms with Crippen LogP contribution in [-0.4, -0.2) is 39.9 Å². The van der Waals surface area contributed by atoms with Gasteiger partial charge in [-0.05, 0) is 32.2 Å². The molecule has 0 aliphatic heterocycles. The SMILES string of the molecule is CCC(=CCNCCCCCOC)C(=O)OC. The third-order valence-electron chi connectivity index (χ3n) is 2.52. The first-order chi connectivity index (χ1) is 8.26. The Morgan fingerprint density at radius 2 is 2.00 bits per heavy atom. The summed E-state index contributed by atoms with van der Waals surface area (Å²) in [7, 11) is 3.14. The molecule has 0 heterocycles. The lowest BCUT2D eigenvalue weighted by Gasteiger charge is -2.04. The van der Waals surface area contributed by atoms with Crippen LogP contribution in [0, 0.1) is 0 Å². The van der Waals surface area contributed by atoms with Gasteiger partial charge in [0.05, 0.1) is 7.11 Å². The van der Waals surface area contributed by atoms with Gasteiger partial charge in [-0.25, -0.2) is 4.79 Å². The fourth-order valence-electron chi connectivity index (χ4n) is 1.47. The number of carbonyl (C=O) groups excluding carboxylic acids is 1. The largest absolute Gasteiger partial charge is 0.466 e. The van der Waals surface area contributed by atoms with Gasteiger partial charge in [-0.15, -0.1) is 0 Å². The molecule has 0 saturated heterocycles. The first-order valence-electron chi connectivity index (χ1n) is 6.23. The number of nitrogens with one attached hydrogen (secondary N) is 1. The molecule has 0 saturated carbocycles. The predicted molar refractivity (Wildman–Crippen MR) is 69.0 cm³/mol. The van der Waals surface area contributed by atoms with E-state index in [1.54, 1.807) is 7.11 Å². The van der Waals surface area contributed by atoms with E-state index in [0.29, 0.717) is 6.42 Å². The molecule has 100 valence electrons. The van der Waals surface area contributed by atoms with Crippen LogP contribution in [0.5, 0.6) is 0 Å². The predicted octanol–water partition coefficient (Wildman–Crippen LogP) is 1.90. The molecule has 0 spiro atoms. The summed E-state index contributed by atoms with van der Waals surface area (Å²) in [6.45, 7) is 4.48. The summed E-state index contributed by atoms with van der Waals surface area (Å²) in [4.78, 5) is 11.2. The molecule has 0 fully saturated rings. The van der Waals surface area contributed by atoms with Crippen molar-refractivity contribution in [1.29, 1.82) is 0 Å². The fourth-order valence-corrected chi connectivity index (χ4v) is 1.47. The van der Waals surface area contributed by atoms with Gasteiger partial charge >= 0.3 is 5.97 Å². The van der Waals surface area contributed by atoms with E-state index in [4.69, 9.17) is 4.74 Å². The van der Waals surface area contributed by atoms with Crippen molar-refractivity contribution in [2.45, 2.75) is 32.6 Å². The highest BCUT2D eigenvalue weighted by atomic mass is 16.5. The Hall–Kier alpha value is -0.870. The van der Waals surface area contributed by atoms with Crippen molar-refractivity contribution >= 4 is 5.97 Å². The summed E-state index contributed by atoms with van der Waals surface area (Å²) >= 11 is 0. The van der Waals surface area contributed by atoms with Gasteiger partial charge in [-0.1, -0.05) is 13.0 Å². The van der Waals surface area contributed by atoms with Gasteiger partial charge in [0.1, 0.15) is 0 Å². The van der Waals surface area contributed by atoms with Crippen molar-refractivity contribution in [3.8, 4) is 0 Å². The van der Waals surface area contributed by atoms with Crippen LogP contribution in [0.1, 0.15) is 32.6 Å². The van der Waals surface area contributed by atoms with Crippen LogP contribution < -0.4 is 5.32 Å². The van der Waals surface area contributed by atoms with Crippen molar-refractivity contribution in [2.24, 2.45) is 0 Å². The number of hydrogen-bond donors (Lipinski definition) is 1. The Morgan fingerprint density at radius 1 is 1.24 bits per heavy atom. The first-order valence-corrected chi connectivity index (χ1v) is 6.23. The molecular weight excluding hydrogens is 218 g/mol. The molecule has 0 aromatic heterocycles. The Balaban J connectivity index is 3.53. The lowest BCUT2D eigenvalue weighted by molar-refractivity contribution is -0.136. The number of unbranched alkanes of at least 4 members (excludes halogenated alkanes) is 2. The second-order valence-corrected chi connectivity index (χ2v) is 3.83. The zero-order chi connectivity index (χ0) is 12.9. The summed E-state index contributed by atoms with van der Waals surface area (Å²) in [5.41, 5.74) is 0.736. The van der Waals surface area contributed by atoms with Gasteiger partial charge < -0.3 is 14.8 Å². The first kappa shape index (κ1) is 16.1. The second kappa shape index (κ2) is 11.6. The third-order valence-corrected chi connectivity index (χ3v) is 2.52. The van der Waals surface area contributed by atoms with E-state index in [9.17, 15) is 4.79 Å². The van der Waals surface area contributed by atoms with Crippen molar-refractivity contribution in [3.63, 3.8) is 0 Å². The minimum Gasteiger partial charge on any atom is -0.466 e. The quantitative estimate of drug-likeness (QED) is 0.362. The number of esters is 1. The molecule has 4 heteroatoms. The van der Waals surface area contributed by atoms with Gasteiger partial charge in [0.2, 0.25) is 0 Å². The average molecular weight is 243 g/mol. The van der Waals surface area contributed by atoms with E-state index in [1.807, 2.05) is 13.0 Å². The summed E-state index contributed by atoms with van der Waals surface area (Å²) in [5.74, 6) is -0.227. The zero-order valence-electron chi connectivity index (χ0n) is 11.3. The zero-order valence-corrected chi connectivity index (χ0v) is 11.3. The van der Waals surface area contributed by atoms with E-state index in [2.05, 4.69) is 10.1 Å². The molecule has 1 N–H and O–H groups in total. The van der Waals surface area contributed by atoms with Crippen LogP contribution in [0.4, 0.5) is 0 Å². The number of hydrogen-bond acceptors (Lipinski definition) is 4. The van der Waals surface area contributed by atoms with E-state index in [-0.39, 0.29) is 5.97 Å². The van der Waals surface area contributed by atoms with Crippen LogP contribution >= 0.6 is 0 Å². The van der Waals surface area contributed by atoms with E-state index in [1.165, 1.54) is 13.5 Å². The topological polar surface area (TPSA) is 47.6 Å². The molecule has 0 aromatic rings. The maximum atomic E-state index is 11.2. The standard InChI is InChI=1S/C13H25NO3/c1-4-12(13(15)17-3)8-10-14-9-6-5-7-11-16-2/h8,14H,4-7,9-11H2,1-3H3. The third kappa shape index (κ3) is 8.89. The monoisotopic (exact) mass is 243 g/mol. The van der Waals surface area contributed by atoms with E-state index in [0.717, 1.165) is 38.1 Å². The lowest BCUT2D eigenvalue weighted by Crippen LogP contribution is -2.16. The van der Waals surface area contributed by atoms with Crippen LogP contribution in [0.15, 0.2) is 11.6 Å². The lowest BCUT2D eigenvalue weighted by atomic mass is 10.2. The minimum absolute atomic E-state index is 0.227. The smallest absolute Gasteiger partial charge is 0.333 e. The van der Waals surface area contributed by atoms with Crippen LogP contribution in [0.25, 0.3) is 0 Å². The van der Waals surface area contributed by atoms with Gasteiger partial charge in [0.15, 0.2) is 0 Å². The normalized spacial score (nSPS) is 11.6. The van der Waals surface area contributed by atoms with Crippen molar-refractivity contribution < 1.29 is 14.3 Å². The fraction of sp³-hybridized carbons (Fsp3) is 0.769. The van der Waals surface area contributed by atoms with Crippen molar-refractivity contribution in [3.05, 3.63) is 11.6 Å². The molecule has 0 aliphatic rings. The maximum Gasteiger partial charge on any atom is 0.333 e. The van der Waals surface area contributed by atoms with Gasteiger partial charge in [-0.3, -0.25) is 0 Å². The molecule has 0 atom stereocenters. The van der Waals surface area contributed by atoms with Crippen LogP contribution in [0.3, 0.4) is 0 Å². The Kier molecular flexibility index (Phi) is 11.0. The molecule has 0 unspecified atom stereocenters. The van der Waals surface area contributed by atoms with E-state index < -0.39 is 0 Å². The molecule has 4 nitrogen and oxygen atoms in total. The Morgan fingerprint density at radius 3 is 2.59 bits per heavy atom.